The number of nitrogens with one attached hydrogen (secondary N) is 1. The summed E-state index contributed by atoms with van der Waals surface area (Å²) in [5.74, 6) is -0.00843. The molecule has 20 heavy (non-hydrogen) atoms. The average Bonchev–Trinajstić information content (AvgIpc) is 2.46. The van der Waals surface area contributed by atoms with Crippen molar-refractivity contribution in [3.63, 3.8) is 0 Å². The van der Waals surface area contributed by atoms with Crippen LogP contribution in [0, 0.1) is 12.7 Å². The Balaban J connectivity index is 2.03. The summed E-state index contributed by atoms with van der Waals surface area (Å²) in [7, 11) is 1.48. The van der Waals surface area contributed by atoms with E-state index in [2.05, 4.69) is 43.4 Å². The third-order valence-corrected chi connectivity index (χ3v) is 3.44. The van der Waals surface area contributed by atoms with Crippen molar-refractivity contribution < 1.29 is 9.13 Å². The molecule has 0 radical (unpaired) electrons. The number of hydrogen-bond donors (Lipinski definition) is 1. The molecular formula is C17H20FNO. The van der Waals surface area contributed by atoms with E-state index in [4.69, 9.17) is 4.74 Å². The van der Waals surface area contributed by atoms with Gasteiger partial charge in [0.2, 0.25) is 0 Å². The van der Waals surface area contributed by atoms with E-state index in [1.54, 1.807) is 18.2 Å². The van der Waals surface area contributed by atoms with Crippen LogP contribution in [-0.4, -0.2) is 7.11 Å². The highest BCUT2D eigenvalue weighted by molar-refractivity contribution is 5.31. The molecule has 0 bridgehead atoms. The van der Waals surface area contributed by atoms with Crippen molar-refractivity contribution in [1.29, 1.82) is 0 Å². The number of aryl methyl sites for hydroxylation is 1. The Morgan fingerprint density at radius 3 is 2.50 bits per heavy atom. The summed E-state index contributed by atoms with van der Waals surface area (Å²) >= 11 is 0. The first-order chi connectivity index (χ1) is 9.61. The Bertz CT molecular complexity index is 566. The minimum absolute atomic E-state index is 0.168. The van der Waals surface area contributed by atoms with Crippen LogP contribution < -0.4 is 10.1 Å². The van der Waals surface area contributed by atoms with Crippen molar-refractivity contribution in [2.75, 3.05) is 7.11 Å². The van der Waals surface area contributed by atoms with Crippen LogP contribution in [0.4, 0.5) is 4.39 Å². The fraction of sp³-hybridized carbons (Fsp3) is 0.294. The summed E-state index contributed by atoms with van der Waals surface area (Å²) in [6.07, 6.45) is 0. The molecule has 0 spiro atoms. The number of ether oxygens (including phenoxy) is 1. The van der Waals surface area contributed by atoms with E-state index in [0.29, 0.717) is 12.1 Å². The Labute approximate surface area is 119 Å². The molecule has 1 atom stereocenters. The lowest BCUT2D eigenvalue weighted by molar-refractivity contribution is 0.382. The molecule has 2 rings (SSSR count). The summed E-state index contributed by atoms with van der Waals surface area (Å²) < 4.78 is 19.0. The first kappa shape index (κ1) is 14.5. The fourth-order valence-electron chi connectivity index (χ4n) is 2.09. The summed E-state index contributed by atoms with van der Waals surface area (Å²) in [4.78, 5) is 0. The van der Waals surface area contributed by atoms with Crippen LogP contribution >= 0.6 is 0 Å². The third kappa shape index (κ3) is 3.36. The molecule has 0 aliphatic carbocycles. The largest absolute Gasteiger partial charge is 0.494 e. The van der Waals surface area contributed by atoms with Gasteiger partial charge in [0.15, 0.2) is 11.6 Å². The van der Waals surface area contributed by atoms with Crippen molar-refractivity contribution in [3.05, 3.63) is 65.0 Å². The number of rotatable bonds is 5. The number of halogens is 1. The minimum Gasteiger partial charge on any atom is -0.494 e. The molecule has 0 aliphatic rings. The van der Waals surface area contributed by atoms with E-state index in [9.17, 15) is 4.39 Å². The van der Waals surface area contributed by atoms with Crippen molar-refractivity contribution in [2.24, 2.45) is 0 Å². The van der Waals surface area contributed by atoms with Crippen molar-refractivity contribution in [3.8, 4) is 5.75 Å². The van der Waals surface area contributed by atoms with Gasteiger partial charge in [-0.15, -0.1) is 0 Å². The number of benzene rings is 2. The van der Waals surface area contributed by atoms with Gasteiger partial charge >= 0.3 is 0 Å². The van der Waals surface area contributed by atoms with Crippen LogP contribution in [0.25, 0.3) is 0 Å². The summed E-state index contributed by atoms with van der Waals surface area (Å²) in [6.45, 7) is 4.61. The van der Waals surface area contributed by atoms with Crippen LogP contribution in [0.1, 0.15) is 29.7 Å². The van der Waals surface area contributed by atoms with Gasteiger partial charge in [-0.1, -0.05) is 42.0 Å². The molecular weight excluding hydrogens is 253 g/mol. The second kappa shape index (κ2) is 6.53. The molecule has 1 N–H and O–H groups in total. The lowest BCUT2D eigenvalue weighted by Gasteiger charge is -2.15. The van der Waals surface area contributed by atoms with Gasteiger partial charge in [0.05, 0.1) is 7.11 Å². The van der Waals surface area contributed by atoms with Gasteiger partial charge in [0.1, 0.15) is 0 Å². The molecule has 2 aromatic rings. The predicted octanol–water partition coefficient (Wildman–Crippen LogP) is 3.99. The molecule has 0 heterocycles. The lowest BCUT2D eigenvalue weighted by Crippen LogP contribution is -2.18. The average molecular weight is 273 g/mol. The standard InChI is InChI=1S/C17H20FNO/c1-12-7-9-14(10-8-12)13(2)19-11-15-5-4-6-16(20-3)17(15)18/h4-10,13,19H,11H2,1-3H3/t13-/m0/s1. The first-order valence-corrected chi connectivity index (χ1v) is 6.73. The Hall–Kier alpha value is -1.87. The van der Waals surface area contributed by atoms with Gasteiger partial charge in [-0.3, -0.25) is 0 Å². The fourth-order valence-corrected chi connectivity index (χ4v) is 2.09. The van der Waals surface area contributed by atoms with Gasteiger partial charge in [0.25, 0.3) is 0 Å². The molecule has 0 aliphatic heterocycles. The van der Waals surface area contributed by atoms with Crippen LogP contribution in [-0.2, 0) is 6.54 Å². The zero-order valence-electron chi connectivity index (χ0n) is 12.1. The Morgan fingerprint density at radius 1 is 1.15 bits per heavy atom. The SMILES string of the molecule is COc1cccc(CN[C@@H](C)c2ccc(C)cc2)c1F. The molecule has 0 saturated heterocycles. The summed E-state index contributed by atoms with van der Waals surface area (Å²) in [5, 5.41) is 3.33. The van der Waals surface area contributed by atoms with E-state index in [1.807, 2.05) is 0 Å². The van der Waals surface area contributed by atoms with E-state index >= 15 is 0 Å². The van der Waals surface area contributed by atoms with Crippen LogP contribution in [0.15, 0.2) is 42.5 Å². The highest BCUT2D eigenvalue weighted by Gasteiger charge is 2.10. The Kier molecular flexibility index (Phi) is 4.74. The quantitative estimate of drug-likeness (QED) is 0.889. The number of methoxy groups -OCH3 is 1. The predicted molar refractivity (Wildman–Crippen MR) is 79.4 cm³/mol. The van der Waals surface area contributed by atoms with E-state index in [0.717, 1.165) is 0 Å². The van der Waals surface area contributed by atoms with Gasteiger partial charge in [-0.2, -0.15) is 0 Å². The maximum atomic E-state index is 14.0. The normalized spacial score (nSPS) is 12.2. The minimum atomic E-state index is -0.293. The molecule has 2 nitrogen and oxygen atoms in total. The summed E-state index contributed by atoms with van der Waals surface area (Å²) in [5.41, 5.74) is 3.04. The lowest BCUT2D eigenvalue weighted by atomic mass is 10.1. The van der Waals surface area contributed by atoms with Gasteiger partial charge < -0.3 is 10.1 Å². The molecule has 106 valence electrons. The maximum Gasteiger partial charge on any atom is 0.169 e. The zero-order valence-corrected chi connectivity index (χ0v) is 12.1. The van der Waals surface area contributed by atoms with E-state index < -0.39 is 0 Å². The molecule has 2 aromatic carbocycles. The van der Waals surface area contributed by atoms with Crippen molar-refractivity contribution in [1.82, 2.24) is 5.32 Å². The zero-order chi connectivity index (χ0) is 14.5. The molecule has 0 fully saturated rings. The third-order valence-electron chi connectivity index (χ3n) is 3.44. The van der Waals surface area contributed by atoms with E-state index in [1.165, 1.54) is 18.2 Å². The second-order valence-electron chi connectivity index (χ2n) is 4.95. The van der Waals surface area contributed by atoms with Crippen LogP contribution in [0.2, 0.25) is 0 Å². The second-order valence-corrected chi connectivity index (χ2v) is 4.95. The van der Waals surface area contributed by atoms with E-state index in [-0.39, 0.29) is 17.6 Å². The monoisotopic (exact) mass is 273 g/mol. The molecule has 3 heteroatoms. The van der Waals surface area contributed by atoms with Gasteiger partial charge in [-0.05, 0) is 25.5 Å². The van der Waals surface area contributed by atoms with Crippen LogP contribution in [0.5, 0.6) is 5.75 Å². The summed E-state index contributed by atoms with van der Waals surface area (Å²) in [6, 6.07) is 13.7. The molecule has 0 unspecified atom stereocenters. The maximum absolute atomic E-state index is 14.0. The molecule has 0 aromatic heterocycles. The highest BCUT2D eigenvalue weighted by atomic mass is 19.1. The topological polar surface area (TPSA) is 21.3 Å². The highest BCUT2D eigenvalue weighted by Crippen LogP contribution is 2.21. The van der Waals surface area contributed by atoms with Gasteiger partial charge in [-0.25, -0.2) is 4.39 Å². The molecule has 0 saturated carbocycles. The Morgan fingerprint density at radius 2 is 1.85 bits per heavy atom. The smallest absolute Gasteiger partial charge is 0.169 e. The van der Waals surface area contributed by atoms with Gasteiger partial charge in [0, 0.05) is 18.2 Å². The van der Waals surface area contributed by atoms with Crippen molar-refractivity contribution in [2.45, 2.75) is 26.4 Å². The first-order valence-electron chi connectivity index (χ1n) is 6.73. The van der Waals surface area contributed by atoms with Crippen molar-refractivity contribution >= 4 is 0 Å². The number of hydrogen-bond acceptors (Lipinski definition) is 2. The van der Waals surface area contributed by atoms with Crippen LogP contribution in [0.3, 0.4) is 0 Å². The molecule has 0 amide bonds.